The summed E-state index contributed by atoms with van der Waals surface area (Å²) >= 11 is 0. The first-order valence-electron chi connectivity index (χ1n) is 3.42. The minimum Gasteiger partial charge on any atom is -0.616 e. The Bertz CT molecular complexity index is 477. The van der Waals surface area contributed by atoms with E-state index in [9.17, 15) is 10.3 Å². The third kappa shape index (κ3) is 0.851. The molecule has 1 aromatic heterocycles. The van der Waals surface area contributed by atoms with Gasteiger partial charge in [-0.25, -0.2) is 0 Å². The zero-order valence-corrected chi connectivity index (χ0v) is 6.39. The molecule has 0 aliphatic carbocycles. The molecular formula is C7H6N2O4. The van der Waals surface area contributed by atoms with Gasteiger partial charge >= 0.3 is 11.9 Å². The SMILES string of the molecule is Nc1c(O)cc(O)c2c1oc[n+]2[O-]. The molecule has 6 nitrogen and oxygen atoms in total. The molecule has 0 unspecified atom stereocenters. The molecule has 6 heteroatoms. The van der Waals surface area contributed by atoms with Crippen molar-refractivity contribution in [2.75, 3.05) is 5.73 Å². The Morgan fingerprint density at radius 1 is 1.38 bits per heavy atom. The molecule has 0 aliphatic rings. The predicted molar refractivity (Wildman–Crippen MR) is 42.9 cm³/mol. The number of nitrogens with zero attached hydrogens (tertiary/aromatic N) is 1. The van der Waals surface area contributed by atoms with E-state index in [1.54, 1.807) is 0 Å². The minimum atomic E-state index is -0.370. The Kier molecular flexibility index (Phi) is 1.27. The molecule has 1 aromatic carbocycles. The molecule has 0 bridgehead atoms. The molecule has 0 amide bonds. The molecule has 1 heterocycles. The lowest BCUT2D eigenvalue weighted by atomic mass is 10.2. The number of phenols is 2. The molecule has 0 spiro atoms. The van der Waals surface area contributed by atoms with Gasteiger partial charge in [-0.3, -0.25) is 0 Å². The number of anilines is 1. The fourth-order valence-electron chi connectivity index (χ4n) is 1.12. The van der Waals surface area contributed by atoms with Crippen LogP contribution in [0, 0.1) is 5.21 Å². The monoisotopic (exact) mass is 182 g/mol. The normalized spacial score (nSPS) is 10.8. The van der Waals surface area contributed by atoms with Gasteiger partial charge < -0.3 is 25.6 Å². The van der Waals surface area contributed by atoms with Gasteiger partial charge in [-0.15, -0.1) is 4.73 Å². The van der Waals surface area contributed by atoms with Crippen LogP contribution in [0.25, 0.3) is 11.1 Å². The van der Waals surface area contributed by atoms with Crippen molar-refractivity contribution in [3.63, 3.8) is 0 Å². The van der Waals surface area contributed by atoms with Gasteiger partial charge in [0.25, 0.3) is 0 Å². The fourth-order valence-corrected chi connectivity index (χ4v) is 1.12. The zero-order chi connectivity index (χ0) is 9.59. The highest BCUT2D eigenvalue weighted by Crippen LogP contribution is 2.34. The second-order valence-corrected chi connectivity index (χ2v) is 2.56. The summed E-state index contributed by atoms with van der Waals surface area (Å²) in [5, 5.41) is 29.4. The lowest BCUT2D eigenvalue weighted by molar-refractivity contribution is -0.583. The predicted octanol–water partition coefficient (Wildman–Crippen LogP) is 0.0596. The average molecular weight is 182 g/mol. The van der Waals surface area contributed by atoms with E-state index < -0.39 is 0 Å². The zero-order valence-electron chi connectivity index (χ0n) is 6.39. The van der Waals surface area contributed by atoms with Crippen molar-refractivity contribution in [1.82, 2.24) is 0 Å². The standard InChI is InChI=1S/C7H6N2O4/c8-5-3(10)1-4(11)6-7(5)13-2-9(6)12/h1-2,10-11H,8H2. The second-order valence-electron chi connectivity index (χ2n) is 2.56. The largest absolute Gasteiger partial charge is 0.616 e. The fraction of sp³-hybridized carbons (Fsp3) is 0. The van der Waals surface area contributed by atoms with Crippen LogP contribution in [0.3, 0.4) is 0 Å². The van der Waals surface area contributed by atoms with Gasteiger partial charge in [0.2, 0.25) is 5.58 Å². The highest BCUT2D eigenvalue weighted by atomic mass is 16.5. The first-order chi connectivity index (χ1) is 6.11. The number of oxazole rings is 1. The van der Waals surface area contributed by atoms with Crippen LogP contribution in [0.1, 0.15) is 0 Å². The van der Waals surface area contributed by atoms with Gasteiger partial charge in [0, 0.05) is 6.07 Å². The third-order valence-corrected chi connectivity index (χ3v) is 1.74. The molecule has 0 atom stereocenters. The molecule has 2 rings (SSSR count). The average Bonchev–Trinajstić information content (AvgIpc) is 2.44. The highest BCUT2D eigenvalue weighted by molar-refractivity contribution is 5.90. The summed E-state index contributed by atoms with van der Waals surface area (Å²) in [5.41, 5.74) is 5.22. The molecule has 2 aromatic rings. The maximum Gasteiger partial charge on any atom is 0.347 e. The third-order valence-electron chi connectivity index (χ3n) is 1.74. The van der Waals surface area contributed by atoms with E-state index in [4.69, 9.17) is 15.3 Å². The van der Waals surface area contributed by atoms with Crippen LogP contribution in [-0.2, 0) is 0 Å². The summed E-state index contributed by atoms with van der Waals surface area (Å²) < 4.78 is 5.08. The van der Waals surface area contributed by atoms with E-state index in [0.717, 1.165) is 12.5 Å². The van der Waals surface area contributed by atoms with E-state index in [1.807, 2.05) is 0 Å². The van der Waals surface area contributed by atoms with Crippen LogP contribution in [0.5, 0.6) is 11.5 Å². The summed E-state index contributed by atoms with van der Waals surface area (Å²) in [6.07, 6.45) is 0.847. The molecule has 4 N–H and O–H groups in total. The Hall–Kier alpha value is -2.11. The van der Waals surface area contributed by atoms with E-state index >= 15 is 0 Å². The van der Waals surface area contributed by atoms with Crippen molar-refractivity contribution in [2.24, 2.45) is 0 Å². The van der Waals surface area contributed by atoms with E-state index in [1.165, 1.54) is 0 Å². The number of benzene rings is 1. The summed E-state index contributed by atoms with van der Waals surface area (Å²) in [5.74, 6) is -0.689. The van der Waals surface area contributed by atoms with E-state index in [0.29, 0.717) is 4.73 Å². The van der Waals surface area contributed by atoms with Crippen molar-refractivity contribution < 1.29 is 19.4 Å². The van der Waals surface area contributed by atoms with Gasteiger partial charge in [-0.1, -0.05) is 0 Å². The minimum absolute atomic E-state index is 0.0208. The van der Waals surface area contributed by atoms with E-state index in [-0.39, 0.29) is 28.3 Å². The van der Waals surface area contributed by atoms with Crippen molar-refractivity contribution >= 4 is 16.8 Å². The van der Waals surface area contributed by atoms with Crippen molar-refractivity contribution in [1.29, 1.82) is 0 Å². The number of nitrogen functional groups attached to an aromatic ring is 1. The molecule has 0 radical (unpaired) electrons. The van der Waals surface area contributed by atoms with Crippen LogP contribution >= 0.6 is 0 Å². The van der Waals surface area contributed by atoms with Gasteiger partial charge in [0.15, 0.2) is 5.75 Å². The maximum absolute atomic E-state index is 11.0. The number of nitrogens with two attached hydrogens (primary N) is 1. The van der Waals surface area contributed by atoms with Gasteiger partial charge in [0.1, 0.15) is 11.4 Å². The second kappa shape index (κ2) is 2.19. The molecule has 13 heavy (non-hydrogen) atoms. The number of fused-ring (bicyclic) bond motifs is 1. The highest BCUT2D eigenvalue weighted by Gasteiger charge is 2.19. The number of hydrogen-bond acceptors (Lipinski definition) is 5. The Morgan fingerprint density at radius 2 is 2.08 bits per heavy atom. The summed E-state index contributed by atoms with van der Waals surface area (Å²) in [6.45, 7) is 0. The number of phenolic OH excluding ortho intramolecular Hbond substituents is 2. The summed E-state index contributed by atoms with van der Waals surface area (Å²) in [7, 11) is 0. The molecule has 0 saturated heterocycles. The number of aromatic hydroxyl groups is 2. The molecule has 0 aliphatic heterocycles. The Morgan fingerprint density at radius 3 is 2.77 bits per heavy atom. The topological polar surface area (TPSA) is 107 Å². The maximum atomic E-state index is 11.0. The van der Waals surface area contributed by atoms with E-state index in [2.05, 4.69) is 0 Å². The van der Waals surface area contributed by atoms with Crippen LogP contribution < -0.4 is 10.5 Å². The number of hydrogen-bond donors (Lipinski definition) is 3. The molecule has 0 fully saturated rings. The van der Waals surface area contributed by atoms with Gasteiger partial charge in [-0.2, -0.15) is 0 Å². The quantitative estimate of drug-likeness (QED) is 0.175. The Balaban J connectivity index is 2.99. The van der Waals surface area contributed by atoms with Crippen LogP contribution in [-0.4, -0.2) is 10.2 Å². The molecular weight excluding hydrogens is 176 g/mol. The number of aromatic nitrogens is 1. The van der Waals surface area contributed by atoms with Crippen LogP contribution in [0.4, 0.5) is 5.69 Å². The summed E-state index contributed by atoms with van der Waals surface area (Å²) in [6, 6.07) is 0.988. The summed E-state index contributed by atoms with van der Waals surface area (Å²) in [4.78, 5) is 0. The molecule has 0 saturated carbocycles. The van der Waals surface area contributed by atoms with Crippen molar-refractivity contribution in [3.05, 3.63) is 17.7 Å². The lowest BCUT2D eigenvalue weighted by Crippen LogP contribution is -2.22. The van der Waals surface area contributed by atoms with Crippen molar-refractivity contribution in [3.8, 4) is 11.5 Å². The Labute approximate surface area is 72.0 Å². The van der Waals surface area contributed by atoms with Crippen LogP contribution in [0.2, 0.25) is 0 Å². The lowest BCUT2D eigenvalue weighted by Gasteiger charge is -1.98. The van der Waals surface area contributed by atoms with Crippen molar-refractivity contribution in [2.45, 2.75) is 0 Å². The smallest absolute Gasteiger partial charge is 0.347 e. The van der Waals surface area contributed by atoms with Gasteiger partial charge in [0.05, 0.1) is 0 Å². The molecule has 68 valence electrons. The number of rotatable bonds is 0. The van der Waals surface area contributed by atoms with Gasteiger partial charge in [-0.05, 0) is 0 Å². The first-order valence-corrected chi connectivity index (χ1v) is 3.42. The first kappa shape index (κ1) is 7.53. The van der Waals surface area contributed by atoms with Crippen LogP contribution in [0.15, 0.2) is 16.9 Å².